The second-order valence-corrected chi connectivity index (χ2v) is 6.28. The summed E-state index contributed by atoms with van der Waals surface area (Å²) < 4.78 is -1.13. The molecule has 1 nitrogen and oxygen atoms in total. The molecule has 66 valence electrons. The number of hydrogen-bond acceptors (Lipinski definition) is 3. The maximum atomic E-state index is 9.56. The van der Waals surface area contributed by atoms with Crippen LogP contribution < -0.4 is 0 Å². The third-order valence-corrected chi connectivity index (χ3v) is 3.92. The maximum absolute atomic E-state index is 9.56. The summed E-state index contributed by atoms with van der Waals surface area (Å²) >= 11 is 8.12. The molecule has 0 amide bonds. The zero-order valence-corrected chi connectivity index (χ0v) is 9.21. The minimum absolute atomic E-state index is 0.144. The van der Waals surface area contributed by atoms with E-state index in [0.717, 1.165) is 0 Å². The van der Waals surface area contributed by atoms with Gasteiger partial charge in [-0.05, 0) is 10.8 Å². The molecule has 1 rings (SSSR count). The van der Waals surface area contributed by atoms with Crippen molar-refractivity contribution in [2.45, 2.75) is 32.0 Å². The van der Waals surface area contributed by atoms with E-state index in [2.05, 4.69) is 53.0 Å². The van der Waals surface area contributed by atoms with Gasteiger partial charge in [0.25, 0.3) is 0 Å². The maximum Gasteiger partial charge on any atom is 0.155 e. The van der Waals surface area contributed by atoms with Gasteiger partial charge in [0.15, 0.2) is 4.27 Å². The molecular formula is C8H16OS2. The molecule has 0 heterocycles. The van der Waals surface area contributed by atoms with E-state index in [4.69, 9.17) is 0 Å². The third-order valence-electron chi connectivity index (χ3n) is 3.41. The molecule has 1 aliphatic rings. The Morgan fingerprint density at radius 3 is 1.36 bits per heavy atom. The SMILES string of the molecule is CC1(C)C(C(O)(S)S)C1(C)C. The molecule has 0 radical (unpaired) electrons. The van der Waals surface area contributed by atoms with Gasteiger partial charge in [-0.25, -0.2) is 0 Å². The fourth-order valence-electron chi connectivity index (χ4n) is 2.16. The van der Waals surface area contributed by atoms with Crippen molar-refractivity contribution >= 4 is 25.3 Å². The van der Waals surface area contributed by atoms with E-state index in [-0.39, 0.29) is 16.7 Å². The standard InChI is InChI=1S/C8H16OS2/c1-6(2)5(7(6,3)4)8(9,10)11/h5,9-11H,1-4H3. The first-order chi connectivity index (χ1) is 4.62. The topological polar surface area (TPSA) is 20.2 Å². The lowest BCUT2D eigenvalue weighted by Crippen LogP contribution is -2.19. The normalized spacial score (nSPS) is 28.6. The van der Waals surface area contributed by atoms with Crippen LogP contribution in [0.4, 0.5) is 0 Å². The van der Waals surface area contributed by atoms with E-state index in [1.54, 1.807) is 0 Å². The van der Waals surface area contributed by atoms with Crippen LogP contribution in [0.25, 0.3) is 0 Å². The quantitative estimate of drug-likeness (QED) is 0.430. The summed E-state index contributed by atoms with van der Waals surface area (Å²) in [6.07, 6.45) is 0. The van der Waals surface area contributed by atoms with Gasteiger partial charge >= 0.3 is 0 Å². The Labute approximate surface area is 79.4 Å². The van der Waals surface area contributed by atoms with Crippen LogP contribution in [0.5, 0.6) is 0 Å². The number of thiol groups is 2. The van der Waals surface area contributed by atoms with E-state index in [1.807, 2.05) is 0 Å². The molecule has 1 aliphatic carbocycles. The smallest absolute Gasteiger partial charge is 0.155 e. The van der Waals surface area contributed by atoms with Gasteiger partial charge in [-0.15, -0.1) is 25.3 Å². The summed E-state index contributed by atoms with van der Waals surface area (Å²) in [5.74, 6) is 0.161. The minimum atomic E-state index is -1.13. The Hall–Kier alpha value is 0.660. The summed E-state index contributed by atoms with van der Waals surface area (Å²) in [6, 6.07) is 0. The van der Waals surface area contributed by atoms with Gasteiger partial charge in [0.1, 0.15) is 0 Å². The third kappa shape index (κ3) is 1.21. The first-order valence-electron chi connectivity index (χ1n) is 3.79. The number of rotatable bonds is 1. The van der Waals surface area contributed by atoms with Crippen molar-refractivity contribution < 1.29 is 5.11 Å². The average molecular weight is 192 g/mol. The van der Waals surface area contributed by atoms with Crippen molar-refractivity contribution in [1.82, 2.24) is 0 Å². The number of hydrogen-bond donors (Lipinski definition) is 3. The van der Waals surface area contributed by atoms with Gasteiger partial charge in [-0.3, -0.25) is 0 Å². The molecule has 0 atom stereocenters. The van der Waals surface area contributed by atoms with Crippen LogP contribution in [0.3, 0.4) is 0 Å². The van der Waals surface area contributed by atoms with E-state index in [0.29, 0.717) is 0 Å². The molecule has 1 saturated carbocycles. The Morgan fingerprint density at radius 2 is 1.36 bits per heavy atom. The molecular weight excluding hydrogens is 176 g/mol. The summed E-state index contributed by atoms with van der Waals surface area (Å²) in [6.45, 7) is 8.54. The number of aliphatic hydroxyl groups is 1. The van der Waals surface area contributed by atoms with Crippen molar-refractivity contribution in [3.8, 4) is 0 Å². The van der Waals surface area contributed by atoms with Crippen LogP contribution in [-0.2, 0) is 0 Å². The first-order valence-corrected chi connectivity index (χ1v) is 4.68. The first kappa shape index (κ1) is 9.75. The lowest BCUT2D eigenvalue weighted by atomic mass is 10.0. The lowest BCUT2D eigenvalue weighted by molar-refractivity contribution is 0.186. The Balaban J connectivity index is 2.84. The van der Waals surface area contributed by atoms with E-state index >= 15 is 0 Å². The molecule has 0 aromatic carbocycles. The largest absolute Gasteiger partial charge is 0.370 e. The molecule has 0 aromatic heterocycles. The highest BCUT2D eigenvalue weighted by atomic mass is 32.2. The lowest BCUT2D eigenvalue weighted by Gasteiger charge is -2.17. The van der Waals surface area contributed by atoms with Gasteiger partial charge < -0.3 is 5.11 Å². The monoisotopic (exact) mass is 192 g/mol. The second-order valence-electron chi connectivity index (χ2n) is 4.56. The predicted octanol–water partition coefficient (Wildman–Crippen LogP) is 2.17. The second kappa shape index (κ2) is 2.12. The van der Waals surface area contributed by atoms with Crippen LogP contribution >= 0.6 is 25.3 Å². The summed E-state index contributed by atoms with van der Waals surface area (Å²) in [7, 11) is 0. The van der Waals surface area contributed by atoms with Gasteiger partial charge in [0.05, 0.1) is 0 Å². The zero-order valence-electron chi connectivity index (χ0n) is 7.42. The molecule has 1 N–H and O–H groups in total. The summed E-state index contributed by atoms with van der Waals surface area (Å²) in [4.78, 5) is 0. The van der Waals surface area contributed by atoms with Gasteiger partial charge in [-0.2, -0.15) is 0 Å². The molecule has 3 heteroatoms. The van der Waals surface area contributed by atoms with Crippen molar-refractivity contribution in [3.63, 3.8) is 0 Å². The van der Waals surface area contributed by atoms with E-state index < -0.39 is 4.27 Å². The van der Waals surface area contributed by atoms with Crippen molar-refractivity contribution in [2.75, 3.05) is 0 Å². The highest BCUT2D eigenvalue weighted by Gasteiger charge is 2.70. The van der Waals surface area contributed by atoms with Crippen LogP contribution in [-0.4, -0.2) is 9.37 Å². The van der Waals surface area contributed by atoms with Crippen molar-refractivity contribution in [3.05, 3.63) is 0 Å². The highest BCUT2D eigenvalue weighted by Crippen LogP contribution is 2.73. The zero-order chi connectivity index (χ0) is 9.08. The summed E-state index contributed by atoms with van der Waals surface area (Å²) in [5, 5.41) is 9.56. The fourth-order valence-corrected chi connectivity index (χ4v) is 3.46. The molecule has 1 fully saturated rings. The van der Waals surface area contributed by atoms with E-state index in [9.17, 15) is 5.11 Å². The Kier molecular flexibility index (Phi) is 1.88. The Bertz CT molecular complexity index is 165. The predicted molar refractivity (Wildman–Crippen MR) is 54.0 cm³/mol. The molecule has 0 spiro atoms. The van der Waals surface area contributed by atoms with Crippen LogP contribution in [0.1, 0.15) is 27.7 Å². The minimum Gasteiger partial charge on any atom is -0.370 e. The summed E-state index contributed by atoms with van der Waals surface area (Å²) in [5.41, 5.74) is 0.288. The molecule has 0 saturated heterocycles. The fraction of sp³-hybridized carbons (Fsp3) is 1.00. The Morgan fingerprint density at radius 1 is 1.09 bits per heavy atom. The molecule has 0 aliphatic heterocycles. The average Bonchev–Trinajstić information content (AvgIpc) is 1.93. The van der Waals surface area contributed by atoms with Gasteiger partial charge in [-0.1, -0.05) is 27.7 Å². The van der Waals surface area contributed by atoms with Crippen molar-refractivity contribution in [2.24, 2.45) is 16.7 Å². The van der Waals surface area contributed by atoms with Crippen molar-refractivity contribution in [1.29, 1.82) is 0 Å². The van der Waals surface area contributed by atoms with Crippen LogP contribution in [0.15, 0.2) is 0 Å². The van der Waals surface area contributed by atoms with Crippen LogP contribution in [0, 0.1) is 16.7 Å². The van der Waals surface area contributed by atoms with E-state index in [1.165, 1.54) is 0 Å². The molecule has 0 bridgehead atoms. The molecule has 0 aromatic rings. The van der Waals surface area contributed by atoms with Gasteiger partial charge in [0.2, 0.25) is 0 Å². The highest BCUT2D eigenvalue weighted by molar-refractivity contribution is 8.00. The molecule has 0 unspecified atom stereocenters. The van der Waals surface area contributed by atoms with Gasteiger partial charge in [0, 0.05) is 5.92 Å². The van der Waals surface area contributed by atoms with Crippen LogP contribution in [0.2, 0.25) is 0 Å². The molecule has 11 heavy (non-hydrogen) atoms.